The van der Waals surface area contributed by atoms with Gasteiger partial charge in [-0.05, 0) is 36.7 Å². The van der Waals surface area contributed by atoms with Gasteiger partial charge in [-0.1, -0.05) is 57.0 Å². The molecule has 1 aromatic rings. The summed E-state index contributed by atoms with van der Waals surface area (Å²) in [6, 6.07) is 10.7. The Morgan fingerprint density at radius 1 is 1.32 bits per heavy atom. The van der Waals surface area contributed by atoms with Crippen LogP contribution >= 0.6 is 0 Å². The standard InChI is InChI=1S/C18H26O/c1-3-4-12-17(19)15-9-8-13-18(2,14-15)16-10-6-5-7-11-16/h5-7,10-11,15H,3-4,8-9,12-14H2,1-2H3. The van der Waals surface area contributed by atoms with Crippen LogP contribution in [0, 0.1) is 5.92 Å². The van der Waals surface area contributed by atoms with E-state index in [0.717, 1.165) is 32.1 Å². The smallest absolute Gasteiger partial charge is 0.136 e. The van der Waals surface area contributed by atoms with E-state index in [1.54, 1.807) is 0 Å². The quantitative estimate of drug-likeness (QED) is 0.734. The molecule has 0 radical (unpaired) electrons. The lowest BCUT2D eigenvalue weighted by Gasteiger charge is -2.38. The van der Waals surface area contributed by atoms with Crippen LogP contribution in [0.25, 0.3) is 0 Å². The Morgan fingerprint density at radius 2 is 2.05 bits per heavy atom. The fourth-order valence-corrected chi connectivity index (χ4v) is 3.42. The molecule has 0 aromatic heterocycles. The van der Waals surface area contributed by atoms with Gasteiger partial charge in [-0.15, -0.1) is 0 Å². The fraction of sp³-hybridized carbons (Fsp3) is 0.611. The Bertz CT molecular complexity index is 409. The van der Waals surface area contributed by atoms with E-state index in [4.69, 9.17) is 0 Å². The third-order valence-electron chi connectivity index (χ3n) is 4.68. The number of carbonyl (C=O) groups excluding carboxylic acids is 1. The van der Waals surface area contributed by atoms with Gasteiger partial charge in [-0.3, -0.25) is 4.79 Å². The molecule has 1 fully saturated rings. The first-order valence-electron chi connectivity index (χ1n) is 7.74. The lowest BCUT2D eigenvalue weighted by molar-refractivity contribution is -0.124. The minimum absolute atomic E-state index is 0.200. The SMILES string of the molecule is CCCCC(=O)C1CCCC(C)(c2ccccc2)C1. The molecule has 1 aliphatic carbocycles. The Morgan fingerprint density at radius 3 is 2.74 bits per heavy atom. The van der Waals surface area contributed by atoms with Crippen LogP contribution in [-0.4, -0.2) is 5.78 Å². The van der Waals surface area contributed by atoms with Crippen LogP contribution in [0.3, 0.4) is 0 Å². The van der Waals surface area contributed by atoms with Crippen LogP contribution in [0.4, 0.5) is 0 Å². The van der Waals surface area contributed by atoms with Gasteiger partial charge in [0.15, 0.2) is 0 Å². The fourth-order valence-electron chi connectivity index (χ4n) is 3.42. The molecule has 0 saturated heterocycles. The predicted molar refractivity (Wildman–Crippen MR) is 80.3 cm³/mol. The third-order valence-corrected chi connectivity index (χ3v) is 4.68. The molecule has 0 aliphatic heterocycles. The molecule has 1 aromatic carbocycles. The number of hydrogen-bond donors (Lipinski definition) is 0. The van der Waals surface area contributed by atoms with E-state index < -0.39 is 0 Å². The highest BCUT2D eigenvalue weighted by atomic mass is 16.1. The van der Waals surface area contributed by atoms with E-state index in [9.17, 15) is 4.79 Å². The summed E-state index contributed by atoms with van der Waals surface area (Å²) in [7, 11) is 0. The van der Waals surface area contributed by atoms with Crippen molar-refractivity contribution in [3.63, 3.8) is 0 Å². The van der Waals surface area contributed by atoms with Crippen molar-refractivity contribution in [3.8, 4) is 0 Å². The molecule has 1 heteroatoms. The van der Waals surface area contributed by atoms with Crippen molar-refractivity contribution in [2.24, 2.45) is 5.92 Å². The third kappa shape index (κ3) is 3.46. The molecule has 1 aliphatic rings. The average Bonchev–Trinajstić information content (AvgIpc) is 2.46. The first-order valence-corrected chi connectivity index (χ1v) is 7.74. The summed E-state index contributed by atoms with van der Waals surface area (Å²) < 4.78 is 0. The second kappa shape index (κ2) is 6.36. The van der Waals surface area contributed by atoms with E-state index in [1.807, 2.05) is 0 Å². The molecule has 0 N–H and O–H groups in total. The predicted octanol–water partition coefficient (Wildman–Crippen LogP) is 4.89. The molecule has 2 rings (SSSR count). The maximum absolute atomic E-state index is 12.3. The van der Waals surface area contributed by atoms with Crippen molar-refractivity contribution in [2.75, 3.05) is 0 Å². The molecule has 104 valence electrons. The number of hydrogen-bond acceptors (Lipinski definition) is 1. The average molecular weight is 258 g/mol. The second-order valence-corrected chi connectivity index (χ2v) is 6.29. The van der Waals surface area contributed by atoms with Gasteiger partial charge < -0.3 is 0 Å². The van der Waals surface area contributed by atoms with Crippen molar-refractivity contribution in [2.45, 2.75) is 64.2 Å². The molecule has 0 amide bonds. The van der Waals surface area contributed by atoms with Crippen molar-refractivity contribution in [1.82, 2.24) is 0 Å². The van der Waals surface area contributed by atoms with E-state index in [2.05, 4.69) is 44.2 Å². The summed E-state index contributed by atoms with van der Waals surface area (Å²) in [5, 5.41) is 0. The number of ketones is 1. The Hall–Kier alpha value is -1.11. The van der Waals surface area contributed by atoms with Crippen molar-refractivity contribution < 1.29 is 4.79 Å². The topological polar surface area (TPSA) is 17.1 Å². The van der Waals surface area contributed by atoms with Crippen LogP contribution in [0.5, 0.6) is 0 Å². The van der Waals surface area contributed by atoms with Crippen LogP contribution in [0.2, 0.25) is 0 Å². The number of benzene rings is 1. The second-order valence-electron chi connectivity index (χ2n) is 6.29. The molecule has 0 spiro atoms. The molecule has 19 heavy (non-hydrogen) atoms. The monoisotopic (exact) mass is 258 g/mol. The van der Waals surface area contributed by atoms with Crippen molar-refractivity contribution in [3.05, 3.63) is 35.9 Å². The zero-order valence-electron chi connectivity index (χ0n) is 12.3. The molecular weight excluding hydrogens is 232 g/mol. The number of carbonyl (C=O) groups is 1. The number of Topliss-reactive ketones (excluding diaryl/α,β-unsaturated/α-hetero) is 1. The van der Waals surface area contributed by atoms with Crippen molar-refractivity contribution >= 4 is 5.78 Å². The van der Waals surface area contributed by atoms with Gasteiger partial charge in [-0.25, -0.2) is 0 Å². The molecule has 0 heterocycles. The molecule has 2 atom stereocenters. The highest BCUT2D eigenvalue weighted by Crippen LogP contribution is 2.42. The highest BCUT2D eigenvalue weighted by molar-refractivity contribution is 5.81. The van der Waals surface area contributed by atoms with Gasteiger partial charge >= 0.3 is 0 Å². The largest absolute Gasteiger partial charge is 0.299 e. The highest BCUT2D eigenvalue weighted by Gasteiger charge is 2.35. The molecule has 0 bridgehead atoms. The van der Waals surface area contributed by atoms with E-state index in [-0.39, 0.29) is 5.41 Å². The number of unbranched alkanes of at least 4 members (excludes halogenated alkanes) is 1. The summed E-state index contributed by atoms with van der Waals surface area (Å²) in [6.07, 6.45) is 7.50. The Balaban J connectivity index is 2.06. The maximum atomic E-state index is 12.3. The van der Waals surface area contributed by atoms with E-state index in [1.165, 1.54) is 18.4 Å². The molecule has 1 saturated carbocycles. The van der Waals surface area contributed by atoms with Gasteiger partial charge in [0.25, 0.3) is 0 Å². The number of rotatable bonds is 5. The summed E-state index contributed by atoms with van der Waals surface area (Å²) >= 11 is 0. The summed E-state index contributed by atoms with van der Waals surface area (Å²) in [5.41, 5.74) is 1.61. The minimum Gasteiger partial charge on any atom is -0.299 e. The Labute approximate surface area is 117 Å². The minimum atomic E-state index is 0.200. The van der Waals surface area contributed by atoms with Gasteiger partial charge in [0, 0.05) is 12.3 Å². The van der Waals surface area contributed by atoms with E-state index in [0.29, 0.717) is 11.7 Å². The van der Waals surface area contributed by atoms with Crippen LogP contribution in [-0.2, 0) is 10.2 Å². The van der Waals surface area contributed by atoms with E-state index >= 15 is 0 Å². The lowest BCUT2D eigenvalue weighted by atomic mass is 9.66. The van der Waals surface area contributed by atoms with Gasteiger partial charge in [0.05, 0.1) is 0 Å². The maximum Gasteiger partial charge on any atom is 0.136 e. The van der Waals surface area contributed by atoms with Gasteiger partial charge in [0.2, 0.25) is 0 Å². The van der Waals surface area contributed by atoms with Crippen LogP contribution < -0.4 is 0 Å². The van der Waals surface area contributed by atoms with Gasteiger partial charge in [-0.2, -0.15) is 0 Å². The lowest BCUT2D eigenvalue weighted by Crippen LogP contribution is -2.33. The zero-order valence-corrected chi connectivity index (χ0v) is 12.3. The first kappa shape index (κ1) is 14.3. The van der Waals surface area contributed by atoms with Crippen LogP contribution in [0.1, 0.15) is 64.4 Å². The Kier molecular flexibility index (Phi) is 4.79. The summed E-state index contributed by atoms with van der Waals surface area (Å²) in [6.45, 7) is 4.49. The van der Waals surface area contributed by atoms with Crippen molar-refractivity contribution in [1.29, 1.82) is 0 Å². The molecule has 1 nitrogen and oxygen atoms in total. The normalized spacial score (nSPS) is 27.2. The molecule has 2 unspecified atom stereocenters. The molecular formula is C18H26O. The zero-order chi connectivity index (χ0) is 13.7. The first-order chi connectivity index (χ1) is 9.15. The van der Waals surface area contributed by atoms with Crippen LogP contribution in [0.15, 0.2) is 30.3 Å². The summed E-state index contributed by atoms with van der Waals surface area (Å²) in [4.78, 5) is 12.3. The summed E-state index contributed by atoms with van der Waals surface area (Å²) in [5.74, 6) is 0.800. The van der Waals surface area contributed by atoms with Gasteiger partial charge in [0.1, 0.15) is 5.78 Å².